The van der Waals surface area contributed by atoms with Crippen LogP contribution in [-0.2, 0) is 25.6 Å². The topological polar surface area (TPSA) is 177 Å². The first-order valence-electron chi connectivity index (χ1n) is 11.7. The Balaban J connectivity index is 2.85. The Morgan fingerprint density at radius 1 is 0.882 bits per heavy atom. The molecule has 10 nitrogen and oxygen atoms in total. The number of nitrogens with two attached hydrogens (primary N) is 2. The summed E-state index contributed by atoms with van der Waals surface area (Å²) in [5, 5.41) is 17.1. The van der Waals surface area contributed by atoms with Gasteiger partial charge < -0.3 is 32.5 Å². The maximum absolute atomic E-state index is 13.0. The molecular formula is C24H39N5O5. The number of rotatable bonds is 15. The number of carboxylic acids is 1. The highest BCUT2D eigenvalue weighted by Crippen LogP contribution is 2.07. The Kier molecular flexibility index (Phi) is 12.8. The molecule has 0 radical (unpaired) electrons. The molecule has 0 bridgehead atoms. The average Bonchev–Trinajstić information content (AvgIpc) is 2.77. The van der Waals surface area contributed by atoms with Crippen molar-refractivity contribution in [3.05, 3.63) is 35.9 Å². The minimum absolute atomic E-state index is 0.206. The van der Waals surface area contributed by atoms with Crippen molar-refractivity contribution in [2.75, 3.05) is 6.54 Å². The van der Waals surface area contributed by atoms with E-state index in [0.717, 1.165) is 5.56 Å². The summed E-state index contributed by atoms with van der Waals surface area (Å²) < 4.78 is 0. The van der Waals surface area contributed by atoms with E-state index in [-0.39, 0.29) is 18.8 Å². The Bertz CT molecular complexity index is 802. The second kappa shape index (κ2) is 15.0. The summed E-state index contributed by atoms with van der Waals surface area (Å²) in [5.41, 5.74) is 12.2. The zero-order valence-electron chi connectivity index (χ0n) is 20.3. The predicted molar refractivity (Wildman–Crippen MR) is 130 cm³/mol. The molecule has 0 heterocycles. The van der Waals surface area contributed by atoms with Gasteiger partial charge in [0, 0.05) is 6.42 Å². The lowest BCUT2D eigenvalue weighted by atomic mass is 10.0. The van der Waals surface area contributed by atoms with E-state index in [9.17, 15) is 24.3 Å². The van der Waals surface area contributed by atoms with Crippen LogP contribution in [0.4, 0.5) is 0 Å². The molecule has 1 aromatic carbocycles. The number of carbonyl (C=O) groups excluding carboxylic acids is 3. The zero-order valence-corrected chi connectivity index (χ0v) is 20.3. The first kappa shape index (κ1) is 29.1. The molecule has 0 spiro atoms. The number of amides is 3. The number of unbranched alkanes of at least 4 members (excludes halogenated alkanes) is 1. The average molecular weight is 478 g/mol. The van der Waals surface area contributed by atoms with Crippen molar-refractivity contribution < 1.29 is 24.3 Å². The van der Waals surface area contributed by atoms with Crippen LogP contribution in [0, 0.1) is 5.92 Å². The maximum Gasteiger partial charge on any atom is 0.326 e. The lowest BCUT2D eigenvalue weighted by Gasteiger charge is -2.24. The lowest BCUT2D eigenvalue weighted by molar-refractivity contribution is -0.142. The Hall–Kier alpha value is -2.98. The number of aliphatic carboxylic acids is 1. The fourth-order valence-electron chi connectivity index (χ4n) is 3.38. The van der Waals surface area contributed by atoms with Crippen LogP contribution in [0.15, 0.2) is 30.3 Å². The fourth-order valence-corrected chi connectivity index (χ4v) is 3.38. The summed E-state index contributed by atoms with van der Waals surface area (Å²) in [7, 11) is 0. The number of carboxylic acid groups (broad SMARTS) is 1. The van der Waals surface area contributed by atoms with Gasteiger partial charge in [-0.2, -0.15) is 0 Å². The van der Waals surface area contributed by atoms with Crippen LogP contribution in [-0.4, -0.2) is 59.5 Å². The third-order valence-electron chi connectivity index (χ3n) is 5.29. The zero-order chi connectivity index (χ0) is 25.7. The van der Waals surface area contributed by atoms with Crippen molar-refractivity contribution in [1.82, 2.24) is 16.0 Å². The van der Waals surface area contributed by atoms with Crippen LogP contribution in [0.25, 0.3) is 0 Å². The molecule has 0 aliphatic heterocycles. The van der Waals surface area contributed by atoms with Crippen molar-refractivity contribution in [1.29, 1.82) is 0 Å². The van der Waals surface area contributed by atoms with E-state index in [1.165, 1.54) is 6.92 Å². The fraction of sp³-hybridized carbons (Fsp3) is 0.583. The Labute approximate surface area is 201 Å². The third-order valence-corrected chi connectivity index (χ3v) is 5.29. The molecule has 190 valence electrons. The van der Waals surface area contributed by atoms with Gasteiger partial charge in [0.2, 0.25) is 17.7 Å². The normalized spacial score (nSPS) is 14.5. The van der Waals surface area contributed by atoms with Crippen molar-refractivity contribution in [2.24, 2.45) is 17.4 Å². The second-order valence-electron chi connectivity index (χ2n) is 8.90. The van der Waals surface area contributed by atoms with Gasteiger partial charge in [0.25, 0.3) is 0 Å². The van der Waals surface area contributed by atoms with Gasteiger partial charge in [-0.15, -0.1) is 0 Å². The molecule has 1 rings (SSSR count). The highest BCUT2D eigenvalue weighted by molar-refractivity contribution is 5.94. The summed E-state index contributed by atoms with van der Waals surface area (Å²) in [5.74, 6) is -2.59. The van der Waals surface area contributed by atoms with Gasteiger partial charge in [0.05, 0.1) is 6.04 Å². The number of nitrogens with one attached hydrogen (secondary N) is 3. The molecule has 10 heteroatoms. The minimum Gasteiger partial charge on any atom is -0.480 e. The maximum atomic E-state index is 13.0. The van der Waals surface area contributed by atoms with Crippen LogP contribution in [0.5, 0.6) is 0 Å². The summed E-state index contributed by atoms with van der Waals surface area (Å²) in [4.78, 5) is 49.6. The summed E-state index contributed by atoms with van der Waals surface area (Å²) in [6.07, 6.45) is 2.10. The van der Waals surface area contributed by atoms with Crippen molar-refractivity contribution >= 4 is 23.7 Å². The molecule has 4 atom stereocenters. The van der Waals surface area contributed by atoms with Gasteiger partial charge in [-0.3, -0.25) is 14.4 Å². The molecule has 3 amide bonds. The van der Waals surface area contributed by atoms with E-state index in [1.54, 1.807) is 0 Å². The third kappa shape index (κ3) is 10.8. The van der Waals surface area contributed by atoms with Gasteiger partial charge in [-0.25, -0.2) is 4.79 Å². The van der Waals surface area contributed by atoms with Gasteiger partial charge in [0.15, 0.2) is 0 Å². The highest BCUT2D eigenvalue weighted by atomic mass is 16.4. The van der Waals surface area contributed by atoms with Crippen LogP contribution in [0.1, 0.15) is 52.0 Å². The molecule has 8 N–H and O–H groups in total. The minimum atomic E-state index is -1.16. The van der Waals surface area contributed by atoms with Crippen LogP contribution >= 0.6 is 0 Å². The first-order valence-corrected chi connectivity index (χ1v) is 11.7. The molecule has 0 aliphatic carbocycles. The summed E-state index contributed by atoms with van der Waals surface area (Å²) >= 11 is 0. The van der Waals surface area contributed by atoms with Gasteiger partial charge >= 0.3 is 5.97 Å². The molecule has 34 heavy (non-hydrogen) atoms. The SMILES string of the molecule is CC(C)C[C@H](N)C(=O)N[C@@H](Cc1ccccc1)C(=O)N[C@@H](C)C(=O)N[C@@H](CCCCN)C(=O)O. The smallest absolute Gasteiger partial charge is 0.326 e. The van der Waals surface area contributed by atoms with E-state index in [0.29, 0.717) is 25.8 Å². The van der Waals surface area contributed by atoms with E-state index in [2.05, 4.69) is 16.0 Å². The van der Waals surface area contributed by atoms with E-state index in [1.807, 2.05) is 44.2 Å². The molecule has 0 fully saturated rings. The van der Waals surface area contributed by atoms with Gasteiger partial charge in [0.1, 0.15) is 18.1 Å². The molecule has 0 saturated carbocycles. The van der Waals surface area contributed by atoms with Crippen molar-refractivity contribution in [3.63, 3.8) is 0 Å². The van der Waals surface area contributed by atoms with Crippen molar-refractivity contribution in [2.45, 2.75) is 77.0 Å². The van der Waals surface area contributed by atoms with Crippen LogP contribution in [0.3, 0.4) is 0 Å². The Morgan fingerprint density at radius 3 is 2.06 bits per heavy atom. The second-order valence-corrected chi connectivity index (χ2v) is 8.90. The molecule has 0 saturated heterocycles. The lowest BCUT2D eigenvalue weighted by Crippen LogP contribution is -2.57. The van der Waals surface area contributed by atoms with Gasteiger partial charge in [-0.05, 0) is 50.6 Å². The summed E-state index contributed by atoms with van der Waals surface area (Å²) in [6, 6.07) is 5.34. The van der Waals surface area contributed by atoms with Gasteiger partial charge in [-0.1, -0.05) is 44.2 Å². The van der Waals surface area contributed by atoms with E-state index < -0.39 is 47.9 Å². The number of carbonyl (C=O) groups is 4. The van der Waals surface area contributed by atoms with E-state index >= 15 is 0 Å². The molecular weight excluding hydrogens is 438 g/mol. The molecule has 0 aliphatic rings. The predicted octanol–water partition coefficient (Wildman–Crippen LogP) is 0.290. The quantitative estimate of drug-likeness (QED) is 0.197. The highest BCUT2D eigenvalue weighted by Gasteiger charge is 2.28. The van der Waals surface area contributed by atoms with Crippen molar-refractivity contribution in [3.8, 4) is 0 Å². The number of benzene rings is 1. The molecule has 1 aromatic rings. The van der Waals surface area contributed by atoms with Crippen LogP contribution in [0.2, 0.25) is 0 Å². The molecule has 0 unspecified atom stereocenters. The number of hydrogen-bond donors (Lipinski definition) is 6. The Morgan fingerprint density at radius 2 is 1.50 bits per heavy atom. The summed E-state index contributed by atoms with van der Waals surface area (Å²) in [6.45, 7) is 5.78. The van der Waals surface area contributed by atoms with Crippen LogP contribution < -0.4 is 27.4 Å². The number of hydrogen-bond acceptors (Lipinski definition) is 6. The van der Waals surface area contributed by atoms with E-state index in [4.69, 9.17) is 11.5 Å². The largest absolute Gasteiger partial charge is 0.480 e. The molecule has 0 aromatic heterocycles. The standard InChI is InChI=1S/C24H39N5O5/c1-15(2)13-18(26)22(31)29-20(14-17-9-5-4-6-10-17)23(32)27-16(3)21(30)28-19(24(33)34)11-7-8-12-25/h4-6,9-10,15-16,18-20H,7-8,11-14,25-26H2,1-3H3,(H,27,32)(H,28,30)(H,29,31)(H,33,34)/t16-,18-,19-,20-/m0/s1. The first-order chi connectivity index (χ1) is 16.0. The monoisotopic (exact) mass is 477 g/mol.